The van der Waals surface area contributed by atoms with Gasteiger partial charge in [0, 0.05) is 3.42 Å². The fourth-order valence-corrected chi connectivity index (χ4v) is 2.83. The van der Waals surface area contributed by atoms with Gasteiger partial charge in [-0.25, -0.2) is 0 Å². The standard InChI is InChI=1S/C15H32IN/c1-4-6-11-15(3,16)12-9-7-8-10-14-17-13-5-2/h17H,4-14H2,1-3H3. The van der Waals surface area contributed by atoms with Gasteiger partial charge in [-0.15, -0.1) is 0 Å². The number of rotatable bonds is 12. The third kappa shape index (κ3) is 12.9. The highest BCUT2D eigenvalue weighted by molar-refractivity contribution is 14.1. The van der Waals surface area contributed by atoms with E-state index in [2.05, 4.69) is 48.7 Å². The maximum Gasteiger partial charge on any atom is 0.0194 e. The van der Waals surface area contributed by atoms with E-state index < -0.39 is 0 Å². The van der Waals surface area contributed by atoms with E-state index in [0.717, 1.165) is 0 Å². The van der Waals surface area contributed by atoms with E-state index in [1.54, 1.807) is 0 Å². The molecule has 0 saturated carbocycles. The van der Waals surface area contributed by atoms with E-state index in [4.69, 9.17) is 0 Å². The van der Waals surface area contributed by atoms with Gasteiger partial charge in [0.05, 0.1) is 0 Å². The fourth-order valence-electron chi connectivity index (χ4n) is 2.07. The summed E-state index contributed by atoms with van der Waals surface area (Å²) < 4.78 is 0.550. The summed E-state index contributed by atoms with van der Waals surface area (Å²) in [5, 5.41) is 3.47. The predicted molar refractivity (Wildman–Crippen MR) is 88.2 cm³/mol. The van der Waals surface area contributed by atoms with Crippen molar-refractivity contribution in [1.82, 2.24) is 5.32 Å². The topological polar surface area (TPSA) is 12.0 Å². The SMILES string of the molecule is CCCCC(C)(I)CCCCCCNCCC. The monoisotopic (exact) mass is 353 g/mol. The number of unbranched alkanes of at least 4 members (excludes halogenated alkanes) is 4. The third-order valence-corrected chi connectivity index (χ3v) is 4.36. The molecule has 1 N–H and O–H groups in total. The summed E-state index contributed by atoms with van der Waals surface area (Å²) >= 11 is 2.67. The number of alkyl halides is 1. The van der Waals surface area contributed by atoms with Crippen LogP contribution >= 0.6 is 22.6 Å². The third-order valence-electron chi connectivity index (χ3n) is 3.28. The van der Waals surface area contributed by atoms with Gasteiger partial charge in [-0.1, -0.05) is 75.5 Å². The minimum atomic E-state index is 0.550. The molecule has 0 bridgehead atoms. The maximum absolute atomic E-state index is 3.47. The molecule has 0 radical (unpaired) electrons. The van der Waals surface area contributed by atoms with Gasteiger partial charge in [-0.05, 0) is 38.8 Å². The number of hydrogen-bond acceptors (Lipinski definition) is 1. The lowest BCUT2D eigenvalue weighted by molar-refractivity contribution is 0.496. The molecule has 0 aromatic heterocycles. The van der Waals surface area contributed by atoms with Crippen molar-refractivity contribution in [3.8, 4) is 0 Å². The Kier molecular flexibility index (Phi) is 12.2. The van der Waals surface area contributed by atoms with Crippen molar-refractivity contribution in [1.29, 1.82) is 0 Å². The Morgan fingerprint density at radius 1 is 0.824 bits per heavy atom. The molecule has 0 spiro atoms. The molecule has 0 aliphatic carbocycles. The van der Waals surface area contributed by atoms with E-state index in [1.807, 2.05) is 0 Å². The van der Waals surface area contributed by atoms with Gasteiger partial charge in [0.25, 0.3) is 0 Å². The Balaban J connectivity index is 3.26. The smallest absolute Gasteiger partial charge is 0.0194 e. The summed E-state index contributed by atoms with van der Waals surface area (Å²) in [6.45, 7) is 9.33. The molecule has 2 heteroatoms. The Labute approximate surface area is 123 Å². The maximum atomic E-state index is 3.47. The normalized spacial score (nSPS) is 14.8. The van der Waals surface area contributed by atoms with Crippen molar-refractivity contribution >= 4 is 22.6 Å². The van der Waals surface area contributed by atoms with E-state index in [1.165, 1.54) is 70.9 Å². The highest BCUT2D eigenvalue weighted by atomic mass is 127. The van der Waals surface area contributed by atoms with Gasteiger partial charge in [0.15, 0.2) is 0 Å². The van der Waals surface area contributed by atoms with Gasteiger partial charge in [0.2, 0.25) is 0 Å². The first-order chi connectivity index (χ1) is 8.12. The number of nitrogens with one attached hydrogen (secondary N) is 1. The van der Waals surface area contributed by atoms with Crippen molar-refractivity contribution in [2.45, 2.75) is 82.0 Å². The van der Waals surface area contributed by atoms with Crippen LogP contribution in [0.3, 0.4) is 0 Å². The van der Waals surface area contributed by atoms with Crippen molar-refractivity contribution in [3.05, 3.63) is 0 Å². The van der Waals surface area contributed by atoms with Gasteiger partial charge < -0.3 is 5.32 Å². The first-order valence-electron chi connectivity index (χ1n) is 7.52. The first-order valence-corrected chi connectivity index (χ1v) is 8.60. The lowest BCUT2D eigenvalue weighted by Gasteiger charge is -2.22. The molecule has 1 nitrogen and oxygen atoms in total. The van der Waals surface area contributed by atoms with E-state index in [9.17, 15) is 0 Å². The van der Waals surface area contributed by atoms with Gasteiger partial charge in [-0.2, -0.15) is 0 Å². The minimum Gasteiger partial charge on any atom is -0.317 e. The molecule has 17 heavy (non-hydrogen) atoms. The summed E-state index contributed by atoms with van der Waals surface area (Å²) in [6.07, 6.45) is 12.4. The van der Waals surface area contributed by atoms with Crippen LogP contribution in [0.5, 0.6) is 0 Å². The second kappa shape index (κ2) is 11.8. The highest BCUT2D eigenvalue weighted by Crippen LogP contribution is 2.31. The summed E-state index contributed by atoms with van der Waals surface area (Å²) in [7, 11) is 0. The van der Waals surface area contributed by atoms with Crippen LogP contribution < -0.4 is 5.32 Å². The zero-order valence-corrected chi connectivity index (χ0v) is 14.3. The Morgan fingerprint density at radius 3 is 2.12 bits per heavy atom. The molecule has 0 aromatic rings. The van der Waals surface area contributed by atoms with Gasteiger partial charge in [-0.3, -0.25) is 0 Å². The quantitative estimate of drug-likeness (QED) is 0.284. The van der Waals surface area contributed by atoms with Crippen molar-refractivity contribution in [2.24, 2.45) is 0 Å². The molecule has 1 unspecified atom stereocenters. The average Bonchev–Trinajstić information content (AvgIpc) is 2.30. The molecular formula is C15H32IN. The van der Waals surface area contributed by atoms with Crippen molar-refractivity contribution in [3.63, 3.8) is 0 Å². The highest BCUT2D eigenvalue weighted by Gasteiger charge is 2.18. The molecule has 0 aromatic carbocycles. The number of hydrogen-bond donors (Lipinski definition) is 1. The summed E-state index contributed by atoms with van der Waals surface area (Å²) in [5.41, 5.74) is 0. The molecule has 0 aliphatic rings. The molecule has 0 fully saturated rings. The van der Waals surface area contributed by atoms with Gasteiger partial charge >= 0.3 is 0 Å². The van der Waals surface area contributed by atoms with Crippen LogP contribution in [0.15, 0.2) is 0 Å². The molecule has 0 amide bonds. The molecule has 104 valence electrons. The lowest BCUT2D eigenvalue weighted by atomic mass is 9.97. The predicted octanol–water partition coefficient (Wildman–Crippen LogP) is 5.32. The van der Waals surface area contributed by atoms with Crippen LogP contribution in [-0.4, -0.2) is 16.5 Å². The zero-order chi connectivity index (χ0) is 13.0. The molecule has 0 heterocycles. The second-order valence-corrected chi connectivity index (χ2v) is 8.04. The average molecular weight is 353 g/mol. The van der Waals surface area contributed by atoms with Crippen LogP contribution in [0.1, 0.15) is 78.6 Å². The van der Waals surface area contributed by atoms with Crippen molar-refractivity contribution < 1.29 is 0 Å². The van der Waals surface area contributed by atoms with E-state index in [-0.39, 0.29) is 0 Å². The zero-order valence-electron chi connectivity index (χ0n) is 12.2. The van der Waals surface area contributed by atoms with Crippen molar-refractivity contribution in [2.75, 3.05) is 13.1 Å². The fraction of sp³-hybridized carbons (Fsp3) is 1.00. The molecule has 1 atom stereocenters. The van der Waals surface area contributed by atoms with E-state index in [0.29, 0.717) is 3.42 Å². The molecular weight excluding hydrogens is 321 g/mol. The molecule has 0 rings (SSSR count). The summed E-state index contributed by atoms with van der Waals surface area (Å²) in [6, 6.07) is 0. The first kappa shape index (κ1) is 17.7. The lowest BCUT2D eigenvalue weighted by Crippen LogP contribution is -2.16. The van der Waals surface area contributed by atoms with Crippen LogP contribution in [0.4, 0.5) is 0 Å². The molecule has 0 saturated heterocycles. The second-order valence-electron chi connectivity index (χ2n) is 5.43. The number of halogens is 1. The Hall–Kier alpha value is 0.690. The Morgan fingerprint density at radius 2 is 1.47 bits per heavy atom. The minimum absolute atomic E-state index is 0.550. The Bertz CT molecular complexity index is 157. The van der Waals surface area contributed by atoms with Crippen LogP contribution in [-0.2, 0) is 0 Å². The largest absolute Gasteiger partial charge is 0.317 e. The van der Waals surface area contributed by atoms with Crippen LogP contribution in [0.25, 0.3) is 0 Å². The van der Waals surface area contributed by atoms with E-state index >= 15 is 0 Å². The van der Waals surface area contributed by atoms with Crippen LogP contribution in [0.2, 0.25) is 0 Å². The van der Waals surface area contributed by atoms with Crippen LogP contribution in [0, 0.1) is 0 Å². The summed E-state index contributed by atoms with van der Waals surface area (Å²) in [5.74, 6) is 0. The van der Waals surface area contributed by atoms with Gasteiger partial charge in [0.1, 0.15) is 0 Å². The molecule has 0 aliphatic heterocycles. The summed E-state index contributed by atoms with van der Waals surface area (Å²) in [4.78, 5) is 0.